The van der Waals surface area contributed by atoms with Crippen molar-refractivity contribution in [2.45, 2.75) is 58.3 Å². The van der Waals surface area contributed by atoms with E-state index < -0.39 is 0 Å². The van der Waals surface area contributed by atoms with E-state index in [0.29, 0.717) is 0 Å². The number of hydrogen-bond acceptors (Lipinski definition) is 3. The molecule has 6 heteroatoms. The Balaban J connectivity index is 2.33. The first-order valence-corrected chi connectivity index (χ1v) is 9.93. The molecule has 0 aromatic heterocycles. The Hall–Kier alpha value is -1.30. The molecule has 0 heterocycles. The number of amides is 1. The third-order valence-corrected chi connectivity index (χ3v) is 4.55. The Morgan fingerprint density at radius 3 is 2.52 bits per heavy atom. The summed E-state index contributed by atoms with van der Waals surface area (Å²) in [4.78, 5) is 17.8. The first kappa shape index (κ1) is 21.7. The minimum absolute atomic E-state index is 0.0154. The van der Waals surface area contributed by atoms with E-state index in [1.54, 1.807) is 19.0 Å². The number of nitrogens with zero attached hydrogens (tertiary/aromatic N) is 2. The standard InChI is InChI=1S/C19H38N4O2/c1-4-5-13-25-14-9-12-20-19(22-16-18(24)23(2)3)21-15-17-10-7-6-8-11-17/h17H,4-16H2,1-3H3,(H2,20,21,22). The molecule has 0 aromatic carbocycles. The number of carbonyl (C=O) groups is 1. The third kappa shape index (κ3) is 11.0. The minimum atomic E-state index is 0.0154. The van der Waals surface area contributed by atoms with Crippen molar-refractivity contribution in [2.75, 3.05) is 46.9 Å². The second-order valence-electron chi connectivity index (χ2n) is 7.08. The van der Waals surface area contributed by atoms with Crippen LogP contribution in [0.1, 0.15) is 58.3 Å². The maximum atomic E-state index is 11.8. The zero-order chi connectivity index (χ0) is 18.3. The van der Waals surface area contributed by atoms with Gasteiger partial charge in [0.05, 0.1) is 0 Å². The maximum absolute atomic E-state index is 11.8. The fourth-order valence-electron chi connectivity index (χ4n) is 2.82. The average Bonchev–Trinajstić information content (AvgIpc) is 2.63. The van der Waals surface area contributed by atoms with Crippen LogP contribution in [-0.2, 0) is 9.53 Å². The first-order chi connectivity index (χ1) is 12.1. The smallest absolute Gasteiger partial charge is 0.243 e. The lowest BCUT2D eigenvalue weighted by molar-refractivity contribution is -0.127. The molecule has 0 spiro atoms. The molecule has 0 aliphatic heterocycles. The molecule has 2 N–H and O–H groups in total. The van der Waals surface area contributed by atoms with Gasteiger partial charge >= 0.3 is 0 Å². The van der Waals surface area contributed by atoms with Crippen molar-refractivity contribution in [3.05, 3.63) is 0 Å². The van der Waals surface area contributed by atoms with E-state index in [-0.39, 0.29) is 12.5 Å². The number of guanidine groups is 1. The number of rotatable bonds is 11. The summed E-state index contributed by atoms with van der Waals surface area (Å²) in [6.45, 7) is 5.70. The molecular weight excluding hydrogens is 316 g/mol. The quantitative estimate of drug-likeness (QED) is 0.340. The average molecular weight is 355 g/mol. The molecule has 1 aliphatic rings. The molecule has 0 unspecified atom stereocenters. The molecule has 1 fully saturated rings. The zero-order valence-corrected chi connectivity index (χ0v) is 16.5. The van der Waals surface area contributed by atoms with Gasteiger partial charge < -0.3 is 20.3 Å². The fourth-order valence-corrected chi connectivity index (χ4v) is 2.82. The monoisotopic (exact) mass is 354 g/mol. The summed E-state index contributed by atoms with van der Waals surface area (Å²) < 4.78 is 5.58. The normalized spacial score (nSPS) is 15.9. The van der Waals surface area contributed by atoms with E-state index in [1.165, 1.54) is 38.5 Å². The number of nitrogens with one attached hydrogen (secondary N) is 2. The molecule has 146 valence electrons. The highest BCUT2D eigenvalue weighted by Gasteiger charge is 2.14. The molecule has 0 radical (unpaired) electrons. The highest BCUT2D eigenvalue weighted by molar-refractivity contribution is 5.84. The lowest BCUT2D eigenvalue weighted by Gasteiger charge is -2.23. The Bertz CT molecular complexity index is 380. The number of likely N-dealkylation sites (N-methyl/N-ethyl adjacent to an activating group) is 1. The molecule has 6 nitrogen and oxygen atoms in total. The summed E-state index contributed by atoms with van der Waals surface area (Å²) in [6.07, 6.45) is 9.85. The van der Waals surface area contributed by atoms with Gasteiger partial charge in [-0.05, 0) is 31.6 Å². The molecule has 25 heavy (non-hydrogen) atoms. The van der Waals surface area contributed by atoms with Crippen molar-refractivity contribution in [1.82, 2.24) is 15.5 Å². The SMILES string of the molecule is CCCCOCCCNC(=NCC(=O)N(C)C)NCC1CCCCC1. The molecule has 1 amide bonds. The molecule has 0 saturated heterocycles. The van der Waals surface area contributed by atoms with Gasteiger partial charge in [0, 0.05) is 40.4 Å². The molecular formula is C19H38N4O2. The van der Waals surface area contributed by atoms with Crippen LogP contribution in [0, 0.1) is 5.92 Å². The van der Waals surface area contributed by atoms with Crippen molar-refractivity contribution in [3.8, 4) is 0 Å². The summed E-state index contributed by atoms with van der Waals surface area (Å²) in [7, 11) is 3.52. The van der Waals surface area contributed by atoms with E-state index in [1.807, 2.05) is 0 Å². The van der Waals surface area contributed by atoms with Gasteiger partial charge in [-0.2, -0.15) is 0 Å². The van der Waals surface area contributed by atoms with Gasteiger partial charge in [0.1, 0.15) is 6.54 Å². The van der Waals surface area contributed by atoms with E-state index in [2.05, 4.69) is 22.5 Å². The highest BCUT2D eigenvalue weighted by atomic mass is 16.5. The van der Waals surface area contributed by atoms with Crippen LogP contribution in [0.4, 0.5) is 0 Å². The van der Waals surface area contributed by atoms with Crippen LogP contribution in [0.15, 0.2) is 4.99 Å². The summed E-state index contributed by atoms with van der Waals surface area (Å²) in [5, 5.41) is 6.75. The van der Waals surface area contributed by atoms with Crippen LogP contribution >= 0.6 is 0 Å². The summed E-state index contributed by atoms with van der Waals surface area (Å²) in [6, 6.07) is 0. The number of carbonyl (C=O) groups excluding carboxylic acids is 1. The van der Waals surface area contributed by atoms with Gasteiger partial charge in [0.15, 0.2) is 5.96 Å². The molecule has 0 aromatic rings. The van der Waals surface area contributed by atoms with Gasteiger partial charge in [-0.1, -0.05) is 32.6 Å². The molecule has 1 saturated carbocycles. The molecule has 1 rings (SSSR count). The Morgan fingerprint density at radius 1 is 1.12 bits per heavy atom. The Labute approximate surface area is 153 Å². The lowest BCUT2D eigenvalue weighted by atomic mass is 9.89. The predicted molar refractivity (Wildman–Crippen MR) is 104 cm³/mol. The van der Waals surface area contributed by atoms with Gasteiger partial charge in [0.25, 0.3) is 0 Å². The van der Waals surface area contributed by atoms with Crippen molar-refractivity contribution in [1.29, 1.82) is 0 Å². The minimum Gasteiger partial charge on any atom is -0.381 e. The molecule has 0 bridgehead atoms. The largest absolute Gasteiger partial charge is 0.381 e. The predicted octanol–water partition coefficient (Wildman–Crippen LogP) is 2.40. The highest BCUT2D eigenvalue weighted by Crippen LogP contribution is 2.22. The van der Waals surface area contributed by atoms with Gasteiger partial charge in [0.2, 0.25) is 5.91 Å². The van der Waals surface area contributed by atoms with Crippen molar-refractivity contribution < 1.29 is 9.53 Å². The number of unbranched alkanes of at least 4 members (excludes halogenated alkanes) is 1. The second kappa shape index (κ2) is 13.9. The van der Waals surface area contributed by atoms with Crippen LogP contribution in [0.3, 0.4) is 0 Å². The van der Waals surface area contributed by atoms with Gasteiger partial charge in [-0.15, -0.1) is 0 Å². The van der Waals surface area contributed by atoms with Crippen molar-refractivity contribution in [3.63, 3.8) is 0 Å². The number of ether oxygens (including phenoxy) is 1. The van der Waals surface area contributed by atoms with E-state index in [9.17, 15) is 4.79 Å². The van der Waals surface area contributed by atoms with Crippen molar-refractivity contribution >= 4 is 11.9 Å². The zero-order valence-electron chi connectivity index (χ0n) is 16.5. The van der Waals surface area contributed by atoms with E-state index in [4.69, 9.17) is 4.74 Å². The van der Waals surface area contributed by atoms with Crippen LogP contribution in [0.5, 0.6) is 0 Å². The Morgan fingerprint density at radius 2 is 1.84 bits per heavy atom. The Kier molecular flexibility index (Phi) is 12.1. The summed E-state index contributed by atoms with van der Waals surface area (Å²) >= 11 is 0. The van der Waals surface area contributed by atoms with Crippen LogP contribution in [0.2, 0.25) is 0 Å². The summed E-state index contributed by atoms with van der Waals surface area (Å²) in [5.74, 6) is 1.48. The van der Waals surface area contributed by atoms with Gasteiger partial charge in [-0.3, -0.25) is 4.79 Å². The first-order valence-electron chi connectivity index (χ1n) is 9.93. The van der Waals surface area contributed by atoms with E-state index >= 15 is 0 Å². The van der Waals surface area contributed by atoms with Crippen molar-refractivity contribution in [2.24, 2.45) is 10.9 Å². The topological polar surface area (TPSA) is 66.0 Å². The maximum Gasteiger partial charge on any atom is 0.243 e. The number of aliphatic imine (C=N–C) groups is 1. The van der Waals surface area contributed by atoms with Crippen LogP contribution in [-0.4, -0.2) is 63.7 Å². The van der Waals surface area contributed by atoms with Crippen LogP contribution in [0.25, 0.3) is 0 Å². The van der Waals surface area contributed by atoms with Crippen LogP contribution < -0.4 is 10.6 Å². The van der Waals surface area contributed by atoms with E-state index in [0.717, 1.165) is 51.0 Å². The summed E-state index contributed by atoms with van der Waals surface area (Å²) in [5.41, 5.74) is 0. The fraction of sp³-hybridized carbons (Fsp3) is 0.895. The lowest BCUT2D eigenvalue weighted by Crippen LogP contribution is -2.41. The van der Waals surface area contributed by atoms with Gasteiger partial charge in [-0.25, -0.2) is 4.99 Å². The third-order valence-electron chi connectivity index (χ3n) is 4.55. The molecule has 0 atom stereocenters. The molecule has 1 aliphatic carbocycles. The second-order valence-corrected chi connectivity index (χ2v) is 7.08. The number of hydrogen-bond donors (Lipinski definition) is 2.